The van der Waals surface area contributed by atoms with Gasteiger partial charge in [0.05, 0.1) is 12.0 Å². The first-order valence-corrected chi connectivity index (χ1v) is 7.57. The second-order valence-corrected chi connectivity index (χ2v) is 7.03. The molecule has 2 saturated carbocycles. The zero-order chi connectivity index (χ0) is 13.9. The van der Waals surface area contributed by atoms with Gasteiger partial charge in [-0.2, -0.15) is 0 Å². The number of halogens is 2. The number of alkyl halides is 2. The number of nitrogens with zero attached hydrogens (tertiary/aromatic N) is 1. The minimum absolute atomic E-state index is 0.0643. The molecule has 2 unspecified atom stereocenters. The maximum Gasteiger partial charge on any atom is 0.255 e. The van der Waals surface area contributed by atoms with Crippen LogP contribution >= 0.6 is 0 Å². The summed E-state index contributed by atoms with van der Waals surface area (Å²) in [4.78, 5) is 2.34. The Morgan fingerprint density at radius 2 is 1.68 bits per heavy atom. The number of ether oxygens (including phenoxy) is 1. The number of hydrogen-bond acceptors (Lipinski definition) is 2. The summed E-state index contributed by atoms with van der Waals surface area (Å²) in [6, 6.07) is 0. The molecule has 4 fully saturated rings. The van der Waals surface area contributed by atoms with E-state index in [-0.39, 0.29) is 12.0 Å². The lowest BCUT2D eigenvalue weighted by Crippen LogP contribution is -2.42. The van der Waals surface area contributed by atoms with Crippen molar-refractivity contribution in [1.29, 1.82) is 0 Å². The minimum atomic E-state index is -2.41. The zero-order valence-corrected chi connectivity index (χ0v) is 12.3. The van der Waals surface area contributed by atoms with Gasteiger partial charge in [-0.15, -0.1) is 0 Å². The van der Waals surface area contributed by atoms with Crippen molar-refractivity contribution >= 4 is 0 Å². The molecule has 2 atom stereocenters. The van der Waals surface area contributed by atoms with E-state index in [1.807, 2.05) is 13.8 Å². The first-order valence-electron chi connectivity index (χ1n) is 7.57. The number of rotatable bonds is 2. The molecule has 2 aliphatic heterocycles. The van der Waals surface area contributed by atoms with Crippen molar-refractivity contribution in [2.24, 2.45) is 10.8 Å². The van der Waals surface area contributed by atoms with Gasteiger partial charge < -0.3 is 4.74 Å². The summed E-state index contributed by atoms with van der Waals surface area (Å²) in [5.74, 6) is -2.41. The van der Waals surface area contributed by atoms with E-state index in [9.17, 15) is 8.78 Å². The topological polar surface area (TPSA) is 12.5 Å². The van der Waals surface area contributed by atoms with Gasteiger partial charge in [0.1, 0.15) is 0 Å². The van der Waals surface area contributed by atoms with Crippen molar-refractivity contribution in [3.05, 3.63) is 0 Å². The average Bonchev–Trinajstić information content (AvgIpc) is 3.10. The molecule has 19 heavy (non-hydrogen) atoms. The fourth-order valence-corrected chi connectivity index (χ4v) is 4.61. The SMILES string of the molecule is CC.COCC12CC3(CC3)CN1CC1(C2)CC1(F)F. The molecule has 110 valence electrons. The molecule has 0 radical (unpaired) electrons. The summed E-state index contributed by atoms with van der Waals surface area (Å²) in [5.41, 5.74) is -0.280. The van der Waals surface area contributed by atoms with Crippen LogP contribution in [-0.2, 0) is 4.74 Å². The van der Waals surface area contributed by atoms with E-state index in [0.29, 0.717) is 25.0 Å². The Kier molecular flexibility index (Phi) is 2.83. The lowest BCUT2D eigenvalue weighted by molar-refractivity contribution is 0.0570. The molecule has 2 heterocycles. The molecular formula is C15H25F2NO. The molecule has 0 amide bonds. The first-order chi connectivity index (χ1) is 8.95. The van der Waals surface area contributed by atoms with Crippen LogP contribution < -0.4 is 0 Å². The van der Waals surface area contributed by atoms with Crippen molar-refractivity contribution in [1.82, 2.24) is 4.90 Å². The summed E-state index contributed by atoms with van der Waals surface area (Å²) in [5, 5.41) is 0. The molecule has 4 heteroatoms. The van der Waals surface area contributed by atoms with Gasteiger partial charge in [-0.05, 0) is 31.1 Å². The van der Waals surface area contributed by atoms with E-state index < -0.39 is 11.3 Å². The lowest BCUT2D eigenvalue weighted by atomic mass is 9.85. The van der Waals surface area contributed by atoms with Gasteiger partial charge in [0, 0.05) is 32.2 Å². The van der Waals surface area contributed by atoms with E-state index in [4.69, 9.17) is 4.74 Å². The van der Waals surface area contributed by atoms with Crippen LogP contribution in [0, 0.1) is 10.8 Å². The number of fused-ring (bicyclic) bond motifs is 1. The van der Waals surface area contributed by atoms with Crippen molar-refractivity contribution in [3.63, 3.8) is 0 Å². The highest BCUT2D eigenvalue weighted by atomic mass is 19.3. The van der Waals surface area contributed by atoms with Crippen LogP contribution in [0.1, 0.15) is 46.0 Å². The van der Waals surface area contributed by atoms with Gasteiger partial charge in [0.15, 0.2) is 0 Å². The Balaban J connectivity index is 0.000000528. The molecule has 0 aromatic rings. The van der Waals surface area contributed by atoms with Crippen LogP contribution in [0.2, 0.25) is 0 Å². The third-order valence-electron chi connectivity index (χ3n) is 5.64. The number of hydrogen-bond donors (Lipinski definition) is 0. The second kappa shape index (κ2) is 3.91. The Labute approximate surface area is 114 Å². The maximum atomic E-state index is 13.6. The molecule has 4 aliphatic rings. The molecular weight excluding hydrogens is 248 g/mol. The summed E-state index contributed by atoms with van der Waals surface area (Å²) in [6.45, 7) is 6.27. The van der Waals surface area contributed by atoms with Gasteiger partial charge in [-0.1, -0.05) is 13.8 Å². The van der Waals surface area contributed by atoms with Gasteiger partial charge in [-0.3, -0.25) is 4.90 Å². The maximum absolute atomic E-state index is 13.6. The second-order valence-electron chi connectivity index (χ2n) is 7.03. The highest BCUT2D eigenvalue weighted by molar-refractivity contribution is 5.25. The van der Waals surface area contributed by atoms with Crippen molar-refractivity contribution in [2.75, 3.05) is 26.8 Å². The van der Waals surface area contributed by atoms with E-state index in [0.717, 1.165) is 13.0 Å². The molecule has 0 N–H and O–H groups in total. The first kappa shape index (κ1) is 13.7. The van der Waals surface area contributed by atoms with Crippen molar-refractivity contribution in [3.8, 4) is 0 Å². The fourth-order valence-electron chi connectivity index (χ4n) is 4.61. The van der Waals surface area contributed by atoms with E-state index in [2.05, 4.69) is 4.90 Å². The predicted octanol–water partition coefficient (Wildman–Crippen LogP) is 3.31. The van der Waals surface area contributed by atoms with Crippen LogP contribution in [0.15, 0.2) is 0 Å². The molecule has 4 rings (SSSR count). The van der Waals surface area contributed by atoms with Crippen LogP contribution in [0.4, 0.5) is 8.78 Å². The Hall–Kier alpha value is -0.220. The Morgan fingerprint density at radius 3 is 2.16 bits per heavy atom. The number of methoxy groups -OCH3 is 1. The standard InChI is InChI=1S/C13H19F2NO.C2H6/c1-17-9-12-4-10(2-3-10)7-16(12)8-11(5-12)6-13(11,14)15;1-2/h2-9H2,1H3;1-2H3. The minimum Gasteiger partial charge on any atom is -0.383 e. The normalized spacial score (nSPS) is 44.1. The highest BCUT2D eigenvalue weighted by Crippen LogP contribution is 2.72. The smallest absolute Gasteiger partial charge is 0.255 e. The average molecular weight is 273 g/mol. The summed E-state index contributed by atoms with van der Waals surface area (Å²) in [6.07, 6.45) is 4.43. The molecule has 0 aromatic heterocycles. The summed E-state index contributed by atoms with van der Waals surface area (Å²) < 4.78 is 32.5. The molecule has 0 aromatic carbocycles. The quantitative estimate of drug-likeness (QED) is 0.765. The third kappa shape index (κ3) is 1.79. The molecule has 2 aliphatic carbocycles. The van der Waals surface area contributed by atoms with E-state index in [1.54, 1.807) is 7.11 Å². The lowest BCUT2D eigenvalue weighted by Gasteiger charge is -2.30. The Bertz CT molecular complexity index is 382. The van der Waals surface area contributed by atoms with E-state index >= 15 is 0 Å². The van der Waals surface area contributed by atoms with Crippen LogP contribution in [-0.4, -0.2) is 43.2 Å². The Morgan fingerprint density at radius 1 is 1.05 bits per heavy atom. The zero-order valence-electron chi connectivity index (χ0n) is 12.3. The predicted molar refractivity (Wildman–Crippen MR) is 70.4 cm³/mol. The van der Waals surface area contributed by atoms with Crippen molar-refractivity contribution < 1.29 is 13.5 Å². The summed E-state index contributed by atoms with van der Waals surface area (Å²) in [7, 11) is 1.70. The van der Waals surface area contributed by atoms with Crippen LogP contribution in [0.3, 0.4) is 0 Å². The molecule has 2 saturated heterocycles. The fraction of sp³-hybridized carbons (Fsp3) is 1.00. The highest BCUT2D eigenvalue weighted by Gasteiger charge is 2.79. The van der Waals surface area contributed by atoms with Gasteiger partial charge >= 0.3 is 0 Å². The molecule has 2 spiro atoms. The van der Waals surface area contributed by atoms with Gasteiger partial charge in [0.2, 0.25) is 0 Å². The van der Waals surface area contributed by atoms with Crippen LogP contribution in [0.25, 0.3) is 0 Å². The molecule has 0 bridgehead atoms. The van der Waals surface area contributed by atoms with E-state index in [1.165, 1.54) is 12.8 Å². The largest absolute Gasteiger partial charge is 0.383 e. The monoisotopic (exact) mass is 273 g/mol. The summed E-state index contributed by atoms with van der Waals surface area (Å²) >= 11 is 0. The third-order valence-corrected chi connectivity index (χ3v) is 5.64. The molecule has 2 nitrogen and oxygen atoms in total. The van der Waals surface area contributed by atoms with Crippen molar-refractivity contribution in [2.45, 2.75) is 57.4 Å². The van der Waals surface area contributed by atoms with Crippen LogP contribution in [0.5, 0.6) is 0 Å². The van der Waals surface area contributed by atoms with Gasteiger partial charge in [0.25, 0.3) is 5.92 Å². The van der Waals surface area contributed by atoms with Gasteiger partial charge in [-0.25, -0.2) is 8.78 Å².